The molecule has 6 heteroatoms. The number of aliphatic hydroxyl groups is 2. The molecule has 440 valence electrons. The molecule has 0 aromatic heterocycles. The van der Waals surface area contributed by atoms with Crippen LogP contribution in [0.5, 0.6) is 0 Å². The number of allylic oxidation sites excluding steroid dienone is 7. The molecule has 0 aromatic rings. The molecule has 0 bridgehead atoms. The molecule has 1 amide bonds. The molecule has 0 fully saturated rings. The predicted octanol–water partition coefficient (Wildman–Crippen LogP) is 21.3. The molecule has 0 saturated carbocycles. The number of ether oxygens (including phenoxy) is 1. The maximum Gasteiger partial charge on any atom is 0.305 e. The van der Waals surface area contributed by atoms with Crippen molar-refractivity contribution in [3.8, 4) is 0 Å². The average Bonchev–Trinajstić information content (AvgIpc) is 3.41. The van der Waals surface area contributed by atoms with Crippen LogP contribution in [0.25, 0.3) is 0 Å². The van der Waals surface area contributed by atoms with Crippen LogP contribution < -0.4 is 5.32 Å². The monoisotopic (exact) mass is 1050 g/mol. The highest BCUT2D eigenvalue weighted by Gasteiger charge is 2.18. The summed E-state index contributed by atoms with van der Waals surface area (Å²) in [5, 5.41) is 23.2. The first-order valence-electron chi connectivity index (χ1n) is 33.4. The SMILES string of the molecule is CCCCC/C=C\C/C=C\CCCCCCCCCCCC(=O)OCCCCCCCCCCCCCC/C=C\CCCCCCCCCC(=O)NC(CO)C(O)/C=C/CCCCCCCCCCCCCCCC. The quantitative estimate of drug-likeness (QED) is 0.0320. The van der Waals surface area contributed by atoms with Gasteiger partial charge in [0.25, 0.3) is 0 Å². The van der Waals surface area contributed by atoms with E-state index in [0.29, 0.717) is 19.4 Å². The molecule has 3 N–H and O–H groups in total. The summed E-state index contributed by atoms with van der Waals surface area (Å²) in [5.74, 6) is -0.0657. The second-order valence-corrected chi connectivity index (χ2v) is 22.8. The van der Waals surface area contributed by atoms with Crippen LogP contribution in [0, 0.1) is 0 Å². The Morgan fingerprint density at radius 2 is 0.667 bits per heavy atom. The van der Waals surface area contributed by atoms with Crippen molar-refractivity contribution in [3.05, 3.63) is 48.6 Å². The van der Waals surface area contributed by atoms with E-state index in [4.69, 9.17) is 4.74 Å². The van der Waals surface area contributed by atoms with Crippen molar-refractivity contribution in [2.75, 3.05) is 13.2 Å². The molecular weight excluding hydrogens is 923 g/mol. The van der Waals surface area contributed by atoms with Crippen LogP contribution in [0.4, 0.5) is 0 Å². The van der Waals surface area contributed by atoms with Gasteiger partial charge in [-0.05, 0) is 89.9 Å². The summed E-state index contributed by atoms with van der Waals surface area (Å²) in [4.78, 5) is 24.6. The molecule has 0 saturated heterocycles. The summed E-state index contributed by atoms with van der Waals surface area (Å²) < 4.78 is 5.50. The summed E-state index contributed by atoms with van der Waals surface area (Å²) in [6.45, 7) is 4.89. The minimum atomic E-state index is -0.849. The Hall–Kier alpha value is -2.18. The molecule has 0 heterocycles. The number of nitrogens with one attached hydrogen (secondary N) is 1. The lowest BCUT2D eigenvalue weighted by atomic mass is 10.0. The van der Waals surface area contributed by atoms with Crippen LogP contribution in [0.3, 0.4) is 0 Å². The van der Waals surface area contributed by atoms with E-state index in [9.17, 15) is 19.8 Å². The van der Waals surface area contributed by atoms with Crippen LogP contribution >= 0.6 is 0 Å². The second-order valence-electron chi connectivity index (χ2n) is 22.8. The van der Waals surface area contributed by atoms with Crippen molar-refractivity contribution in [2.45, 2.75) is 366 Å². The van der Waals surface area contributed by atoms with E-state index in [1.54, 1.807) is 6.08 Å². The maximum atomic E-state index is 12.5. The van der Waals surface area contributed by atoms with Crippen LogP contribution in [0.1, 0.15) is 354 Å². The van der Waals surface area contributed by atoms with Gasteiger partial charge in [0.15, 0.2) is 0 Å². The van der Waals surface area contributed by atoms with Gasteiger partial charge >= 0.3 is 5.97 Å². The zero-order valence-corrected chi connectivity index (χ0v) is 50.3. The molecule has 2 unspecified atom stereocenters. The van der Waals surface area contributed by atoms with Gasteiger partial charge in [-0.2, -0.15) is 0 Å². The molecule has 0 aliphatic carbocycles. The molecule has 0 aromatic carbocycles. The highest BCUT2D eigenvalue weighted by Crippen LogP contribution is 2.17. The number of hydrogen-bond donors (Lipinski definition) is 3. The number of unbranched alkanes of at least 4 members (excludes halogenated alkanes) is 45. The fourth-order valence-electron chi connectivity index (χ4n) is 10.2. The predicted molar refractivity (Wildman–Crippen MR) is 329 cm³/mol. The van der Waals surface area contributed by atoms with Crippen LogP contribution in [0.2, 0.25) is 0 Å². The summed E-state index contributed by atoms with van der Waals surface area (Å²) >= 11 is 0. The van der Waals surface area contributed by atoms with Crippen molar-refractivity contribution in [3.63, 3.8) is 0 Å². The van der Waals surface area contributed by atoms with E-state index in [0.717, 1.165) is 57.8 Å². The van der Waals surface area contributed by atoms with Gasteiger partial charge in [0.2, 0.25) is 5.91 Å². The standard InChI is InChI=1S/C69H129NO5/c1-3-5-7-9-11-13-15-17-19-21-27-31-35-39-43-47-51-55-59-63-69(74)75-64-60-56-52-48-44-40-36-32-29-26-24-22-23-25-28-30-34-38-42-46-50-54-58-62-68(73)70-66(65-71)67(72)61-57-53-49-45-41-37-33-20-18-16-14-12-10-8-6-4-2/h11,13,17,19,25,28,57,61,66-67,71-72H,3-10,12,14-16,18,20-24,26-27,29-56,58-60,62-65H2,1-2H3,(H,70,73)/b13-11-,19-17-,28-25-,61-57+. The Kier molecular flexibility index (Phi) is 62.5. The van der Waals surface area contributed by atoms with Gasteiger partial charge in [0.1, 0.15) is 0 Å². The molecular formula is C69H129NO5. The number of rotatable bonds is 62. The van der Waals surface area contributed by atoms with Gasteiger partial charge in [-0.15, -0.1) is 0 Å². The third-order valence-corrected chi connectivity index (χ3v) is 15.3. The van der Waals surface area contributed by atoms with Crippen LogP contribution in [-0.4, -0.2) is 47.4 Å². The lowest BCUT2D eigenvalue weighted by molar-refractivity contribution is -0.143. The van der Waals surface area contributed by atoms with Crippen molar-refractivity contribution < 1.29 is 24.5 Å². The van der Waals surface area contributed by atoms with Crippen LogP contribution in [0.15, 0.2) is 48.6 Å². The Morgan fingerprint density at radius 3 is 1.05 bits per heavy atom. The molecule has 75 heavy (non-hydrogen) atoms. The minimum Gasteiger partial charge on any atom is -0.466 e. The third-order valence-electron chi connectivity index (χ3n) is 15.3. The van der Waals surface area contributed by atoms with Gasteiger partial charge in [0.05, 0.1) is 25.4 Å². The average molecular weight is 1050 g/mol. The summed E-state index contributed by atoms with van der Waals surface area (Å²) in [7, 11) is 0. The third kappa shape index (κ3) is 60.9. The fraction of sp³-hybridized carbons (Fsp3) is 0.855. The molecule has 0 aliphatic rings. The van der Waals surface area contributed by atoms with E-state index in [2.05, 4.69) is 55.6 Å². The number of amides is 1. The Balaban J connectivity index is 3.42. The van der Waals surface area contributed by atoms with Crippen LogP contribution in [-0.2, 0) is 14.3 Å². The zero-order chi connectivity index (χ0) is 54.3. The van der Waals surface area contributed by atoms with Crippen molar-refractivity contribution in [2.24, 2.45) is 0 Å². The first kappa shape index (κ1) is 72.8. The lowest BCUT2D eigenvalue weighted by Crippen LogP contribution is -2.45. The summed E-state index contributed by atoms with van der Waals surface area (Å²) in [5.41, 5.74) is 0. The van der Waals surface area contributed by atoms with Crippen molar-refractivity contribution >= 4 is 11.9 Å². The van der Waals surface area contributed by atoms with E-state index >= 15 is 0 Å². The van der Waals surface area contributed by atoms with E-state index in [-0.39, 0.29) is 18.5 Å². The van der Waals surface area contributed by atoms with Gasteiger partial charge in [0, 0.05) is 12.8 Å². The smallest absolute Gasteiger partial charge is 0.305 e. The van der Waals surface area contributed by atoms with E-state index in [1.165, 1.54) is 270 Å². The Bertz CT molecular complexity index is 1260. The highest BCUT2D eigenvalue weighted by atomic mass is 16.5. The van der Waals surface area contributed by atoms with Gasteiger partial charge in [-0.3, -0.25) is 9.59 Å². The number of carbonyl (C=O) groups excluding carboxylic acids is 2. The normalized spacial score (nSPS) is 12.9. The summed E-state index contributed by atoms with van der Waals surface area (Å²) in [6, 6.07) is -0.633. The molecule has 0 radical (unpaired) electrons. The van der Waals surface area contributed by atoms with Gasteiger partial charge in [-0.1, -0.05) is 300 Å². The minimum absolute atomic E-state index is 0.00721. The lowest BCUT2D eigenvalue weighted by Gasteiger charge is -2.20. The molecule has 2 atom stereocenters. The Labute approximate surface area is 467 Å². The van der Waals surface area contributed by atoms with Gasteiger partial charge < -0.3 is 20.3 Å². The Morgan fingerprint density at radius 1 is 0.373 bits per heavy atom. The number of esters is 1. The number of hydrogen-bond acceptors (Lipinski definition) is 5. The number of aliphatic hydroxyl groups excluding tert-OH is 2. The molecule has 0 aliphatic heterocycles. The maximum absolute atomic E-state index is 12.5. The number of carbonyl (C=O) groups is 2. The van der Waals surface area contributed by atoms with E-state index in [1.807, 2.05) is 6.08 Å². The zero-order valence-electron chi connectivity index (χ0n) is 50.3. The molecule has 6 nitrogen and oxygen atoms in total. The van der Waals surface area contributed by atoms with Gasteiger partial charge in [-0.25, -0.2) is 0 Å². The topological polar surface area (TPSA) is 95.9 Å². The van der Waals surface area contributed by atoms with Crippen molar-refractivity contribution in [1.82, 2.24) is 5.32 Å². The van der Waals surface area contributed by atoms with E-state index < -0.39 is 12.1 Å². The summed E-state index contributed by atoms with van der Waals surface area (Å²) in [6.07, 6.45) is 83.1. The first-order chi connectivity index (χ1) is 37.0. The molecule has 0 rings (SSSR count). The molecule has 0 spiro atoms. The second kappa shape index (κ2) is 64.3. The first-order valence-corrected chi connectivity index (χ1v) is 33.4. The highest BCUT2D eigenvalue weighted by molar-refractivity contribution is 5.76. The fourth-order valence-corrected chi connectivity index (χ4v) is 10.2. The van der Waals surface area contributed by atoms with Crippen molar-refractivity contribution in [1.29, 1.82) is 0 Å². The largest absolute Gasteiger partial charge is 0.466 e.